The van der Waals surface area contributed by atoms with Crippen LogP contribution in [0.4, 0.5) is 0 Å². The van der Waals surface area contributed by atoms with Crippen LogP contribution in [0.1, 0.15) is 44.5 Å². The van der Waals surface area contributed by atoms with E-state index in [1.54, 1.807) is 0 Å². The summed E-state index contributed by atoms with van der Waals surface area (Å²) in [7, 11) is 0. The minimum atomic E-state index is -0.482. The van der Waals surface area contributed by atoms with Gasteiger partial charge in [-0.1, -0.05) is 243 Å². The molecule has 64 heavy (non-hydrogen) atoms. The van der Waals surface area contributed by atoms with E-state index in [0.29, 0.717) is 0 Å². The molecule has 0 amide bonds. The van der Waals surface area contributed by atoms with E-state index in [-0.39, 0.29) is 0 Å². The van der Waals surface area contributed by atoms with Crippen LogP contribution in [-0.4, -0.2) is 0 Å². The maximum absolute atomic E-state index is 2.40. The second-order valence-electron chi connectivity index (χ2n) is 17.8. The molecule has 0 N–H and O–H groups in total. The molecule has 1 spiro atoms. The lowest BCUT2D eigenvalue weighted by Gasteiger charge is -2.42. The molecule has 11 aromatic rings. The highest BCUT2D eigenvalue weighted by Gasteiger charge is 2.50. The van der Waals surface area contributed by atoms with Crippen LogP contribution in [0, 0.1) is 0 Å². The first-order valence-corrected chi connectivity index (χ1v) is 22.5. The molecule has 0 radical (unpaired) electrons. The predicted molar refractivity (Wildman–Crippen MR) is 266 cm³/mol. The van der Waals surface area contributed by atoms with Gasteiger partial charge < -0.3 is 0 Å². The Hall–Kier alpha value is -8.06. The van der Waals surface area contributed by atoms with Gasteiger partial charge in [0.15, 0.2) is 0 Å². The molecule has 0 fully saturated rings. The Morgan fingerprint density at radius 1 is 0.188 bits per heavy atom. The molecule has 0 aromatic heterocycles. The monoisotopic (exact) mass is 808 g/mol. The molecule has 0 aliphatic heterocycles. The van der Waals surface area contributed by atoms with Crippen LogP contribution in [-0.2, 0) is 10.8 Å². The third kappa shape index (κ3) is 4.47. The standard InChI is InChI=1S/C64H40/c1-3-17-43(18-4-1)63(44-19-5-2-6-20-44)55-27-11-9-23-49(55)53-39-37-45(51-25-15-31-59(63)61(51)53)41-33-35-42(36-34-41)46-38-40-54-50-24-10-14-30-58(50)64(60-32-16-26-52(46)62(54)60)56-28-12-7-21-47(56)48-22-8-13-29-57(48)64/h1-40H. The van der Waals surface area contributed by atoms with Crippen molar-refractivity contribution in [3.63, 3.8) is 0 Å². The van der Waals surface area contributed by atoms with Crippen LogP contribution in [0.15, 0.2) is 243 Å². The van der Waals surface area contributed by atoms with Crippen molar-refractivity contribution in [3.05, 3.63) is 287 Å². The summed E-state index contributed by atoms with van der Waals surface area (Å²) in [5, 5.41) is 5.23. The third-order valence-electron chi connectivity index (χ3n) is 15.0. The van der Waals surface area contributed by atoms with Gasteiger partial charge in [0.1, 0.15) is 0 Å². The van der Waals surface area contributed by atoms with Crippen molar-refractivity contribution in [2.24, 2.45) is 0 Å². The van der Waals surface area contributed by atoms with E-state index >= 15 is 0 Å². The molecule has 0 unspecified atom stereocenters. The van der Waals surface area contributed by atoms with Gasteiger partial charge in [0.25, 0.3) is 0 Å². The summed E-state index contributed by atoms with van der Waals surface area (Å²) in [6, 6.07) is 91.4. The van der Waals surface area contributed by atoms with Gasteiger partial charge in [-0.3, -0.25) is 0 Å². The van der Waals surface area contributed by atoms with Gasteiger partial charge in [-0.2, -0.15) is 0 Å². The molecule has 3 aliphatic rings. The molecule has 0 heteroatoms. The summed E-state index contributed by atoms with van der Waals surface area (Å²) in [5.41, 5.74) is 22.6. The molecule has 0 nitrogen and oxygen atoms in total. The summed E-state index contributed by atoms with van der Waals surface area (Å²) in [6.07, 6.45) is 0. The highest BCUT2D eigenvalue weighted by atomic mass is 14.5. The fourth-order valence-electron chi connectivity index (χ4n) is 12.6. The van der Waals surface area contributed by atoms with Crippen LogP contribution >= 0.6 is 0 Å². The number of hydrogen-bond acceptors (Lipinski definition) is 0. The second kappa shape index (κ2) is 13.2. The van der Waals surface area contributed by atoms with Crippen molar-refractivity contribution in [2.45, 2.75) is 10.8 Å². The maximum atomic E-state index is 2.40. The quantitative estimate of drug-likeness (QED) is 0.166. The van der Waals surface area contributed by atoms with Crippen LogP contribution in [0.2, 0.25) is 0 Å². The van der Waals surface area contributed by atoms with E-state index < -0.39 is 10.8 Å². The van der Waals surface area contributed by atoms with Gasteiger partial charge in [-0.25, -0.2) is 0 Å². The maximum Gasteiger partial charge on any atom is 0.0725 e. The van der Waals surface area contributed by atoms with E-state index in [0.717, 1.165) is 0 Å². The second-order valence-corrected chi connectivity index (χ2v) is 17.8. The van der Waals surface area contributed by atoms with E-state index in [9.17, 15) is 0 Å². The minimum Gasteiger partial charge on any atom is -0.0622 e. The number of fused-ring (bicyclic) bond motifs is 11. The molecule has 0 atom stereocenters. The van der Waals surface area contributed by atoms with Crippen molar-refractivity contribution in [2.75, 3.05) is 0 Å². The van der Waals surface area contributed by atoms with Gasteiger partial charge in [-0.05, 0) is 122 Å². The van der Waals surface area contributed by atoms with Gasteiger partial charge in [0.05, 0.1) is 10.8 Å². The Labute approximate surface area is 373 Å². The lowest BCUT2D eigenvalue weighted by Crippen LogP contribution is -2.33. The molecule has 14 rings (SSSR count). The average molecular weight is 809 g/mol. The lowest BCUT2D eigenvalue weighted by atomic mass is 9.59. The van der Waals surface area contributed by atoms with Gasteiger partial charge in [0.2, 0.25) is 0 Å². The van der Waals surface area contributed by atoms with Crippen molar-refractivity contribution in [1.82, 2.24) is 0 Å². The number of benzene rings is 11. The van der Waals surface area contributed by atoms with E-state index in [2.05, 4.69) is 243 Å². The lowest BCUT2D eigenvalue weighted by molar-refractivity contribution is 0.750. The molecular weight excluding hydrogens is 769 g/mol. The molecule has 0 saturated heterocycles. The molecule has 0 saturated carbocycles. The molecule has 11 aromatic carbocycles. The Balaban J connectivity index is 0.957. The largest absolute Gasteiger partial charge is 0.0725 e. The first kappa shape index (κ1) is 35.5. The van der Waals surface area contributed by atoms with Crippen molar-refractivity contribution >= 4 is 21.5 Å². The Morgan fingerprint density at radius 2 is 0.500 bits per heavy atom. The Kier molecular flexibility index (Phi) is 7.34. The molecule has 0 bridgehead atoms. The van der Waals surface area contributed by atoms with Crippen molar-refractivity contribution in [1.29, 1.82) is 0 Å². The zero-order valence-electron chi connectivity index (χ0n) is 35.1. The van der Waals surface area contributed by atoms with Gasteiger partial charge in [-0.15, -0.1) is 0 Å². The minimum absolute atomic E-state index is 0.410. The smallest absolute Gasteiger partial charge is 0.0622 e. The molecule has 0 heterocycles. The average Bonchev–Trinajstić information content (AvgIpc) is 3.67. The Morgan fingerprint density at radius 3 is 0.922 bits per heavy atom. The fraction of sp³-hybridized carbons (Fsp3) is 0.0312. The zero-order valence-corrected chi connectivity index (χ0v) is 35.1. The van der Waals surface area contributed by atoms with Crippen molar-refractivity contribution in [3.8, 4) is 55.6 Å². The van der Waals surface area contributed by atoms with E-state index in [4.69, 9.17) is 0 Å². The summed E-state index contributed by atoms with van der Waals surface area (Å²) >= 11 is 0. The van der Waals surface area contributed by atoms with Crippen LogP contribution in [0.5, 0.6) is 0 Å². The fourth-order valence-corrected chi connectivity index (χ4v) is 12.6. The zero-order chi connectivity index (χ0) is 42.0. The normalized spacial score (nSPS) is 14.2. The summed E-state index contributed by atoms with van der Waals surface area (Å²) in [4.78, 5) is 0. The predicted octanol–water partition coefficient (Wildman–Crippen LogP) is 16.0. The van der Waals surface area contributed by atoms with Gasteiger partial charge >= 0.3 is 0 Å². The van der Waals surface area contributed by atoms with E-state index in [1.807, 2.05) is 0 Å². The Bertz CT molecular complexity index is 3460. The first-order chi connectivity index (χ1) is 31.8. The van der Waals surface area contributed by atoms with E-state index in [1.165, 1.54) is 122 Å². The number of hydrogen-bond donors (Lipinski definition) is 0. The number of rotatable bonds is 4. The summed E-state index contributed by atoms with van der Waals surface area (Å²) < 4.78 is 0. The summed E-state index contributed by atoms with van der Waals surface area (Å²) in [6.45, 7) is 0. The van der Waals surface area contributed by atoms with Crippen LogP contribution in [0.3, 0.4) is 0 Å². The van der Waals surface area contributed by atoms with Crippen LogP contribution < -0.4 is 0 Å². The molecule has 3 aliphatic carbocycles. The SMILES string of the molecule is c1ccc(C2(c3ccccc3)c3ccccc3-c3ccc(-c4ccc(-c5ccc6c7c(cccc57)C5(c7ccccc7-c7ccccc75)c5ccccc5-6)cc4)c4cccc2c34)cc1. The summed E-state index contributed by atoms with van der Waals surface area (Å²) in [5.74, 6) is 0. The van der Waals surface area contributed by atoms with Crippen LogP contribution in [0.25, 0.3) is 77.2 Å². The molecular formula is C64H40. The first-order valence-electron chi connectivity index (χ1n) is 22.5. The van der Waals surface area contributed by atoms with Crippen molar-refractivity contribution < 1.29 is 0 Å². The van der Waals surface area contributed by atoms with Gasteiger partial charge in [0, 0.05) is 0 Å². The topological polar surface area (TPSA) is 0 Å². The highest BCUT2D eigenvalue weighted by Crippen LogP contribution is 2.62. The highest BCUT2D eigenvalue weighted by molar-refractivity contribution is 6.13. The molecule has 296 valence electrons. The third-order valence-corrected chi connectivity index (χ3v) is 15.0.